The number of cyclic esters (lactones) is 4. The van der Waals surface area contributed by atoms with Crippen LogP contribution in [0.15, 0.2) is 18.2 Å². The molecular weight excluding hydrogens is 347 g/mol. The lowest BCUT2D eigenvalue weighted by Gasteiger charge is -2.39. The molecule has 8 heteroatoms. The summed E-state index contributed by atoms with van der Waals surface area (Å²) in [6.45, 7) is 0.618. The molecule has 136 valence electrons. The third kappa shape index (κ3) is 2.36. The van der Waals surface area contributed by atoms with E-state index < -0.39 is 60.5 Å². The van der Waals surface area contributed by atoms with E-state index in [-0.39, 0.29) is 6.42 Å². The molecule has 1 aromatic carbocycles. The van der Waals surface area contributed by atoms with Crippen LogP contribution in [0.5, 0.6) is 0 Å². The third-order valence-corrected chi connectivity index (χ3v) is 5.32. The predicted molar refractivity (Wildman–Crippen MR) is 81.3 cm³/mol. The molecule has 3 aliphatic rings. The van der Waals surface area contributed by atoms with Gasteiger partial charge in [-0.25, -0.2) is 4.39 Å². The SMILES string of the molecule is Cc1ccc2c(c1)C1C(=O)OC(=O)C1C(OCF)C2C1CC(=O)OC1=O. The van der Waals surface area contributed by atoms with Crippen LogP contribution in [-0.2, 0) is 33.4 Å². The van der Waals surface area contributed by atoms with Gasteiger partial charge in [-0.05, 0) is 18.1 Å². The molecule has 5 atom stereocenters. The molecule has 26 heavy (non-hydrogen) atoms. The molecular formula is C18H15FO7. The van der Waals surface area contributed by atoms with Crippen molar-refractivity contribution in [3.8, 4) is 0 Å². The minimum atomic E-state index is -1.21. The molecule has 1 aromatic rings. The number of halogens is 1. The van der Waals surface area contributed by atoms with Gasteiger partial charge in [0.25, 0.3) is 0 Å². The number of esters is 4. The van der Waals surface area contributed by atoms with Crippen LogP contribution < -0.4 is 0 Å². The number of hydrogen-bond donors (Lipinski definition) is 0. The van der Waals surface area contributed by atoms with Gasteiger partial charge in [-0.3, -0.25) is 19.2 Å². The van der Waals surface area contributed by atoms with Crippen molar-refractivity contribution in [3.63, 3.8) is 0 Å². The number of hydrogen-bond acceptors (Lipinski definition) is 7. The van der Waals surface area contributed by atoms with E-state index in [1.165, 1.54) is 0 Å². The zero-order valence-electron chi connectivity index (χ0n) is 13.8. The Hall–Kier alpha value is -2.61. The molecule has 0 amide bonds. The zero-order chi connectivity index (χ0) is 18.6. The van der Waals surface area contributed by atoms with Gasteiger partial charge < -0.3 is 14.2 Å². The molecule has 0 radical (unpaired) electrons. The summed E-state index contributed by atoms with van der Waals surface area (Å²) in [4.78, 5) is 48.3. The molecule has 2 heterocycles. The van der Waals surface area contributed by atoms with Crippen LogP contribution in [0.1, 0.15) is 34.9 Å². The van der Waals surface area contributed by atoms with E-state index in [1.807, 2.05) is 6.92 Å². The minimum absolute atomic E-state index is 0.191. The molecule has 0 bridgehead atoms. The maximum atomic E-state index is 13.1. The van der Waals surface area contributed by atoms with Gasteiger partial charge in [0.15, 0.2) is 6.86 Å². The van der Waals surface area contributed by atoms with Gasteiger partial charge in [-0.1, -0.05) is 23.8 Å². The highest BCUT2D eigenvalue weighted by atomic mass is 19.1. The van der Waals surface area contributed by atoms with Crippen molar-refractivity contribution in [2.45, 2.75) is 31.3 Å². The average molecular weight is 362 g/mol. The molecule has 0 N–H and O–H groups in total. The molecule has 5 unspecified atom stereocenters. The van der Waals surface area contributed by atoms with Gasteiger partial charge in [0.2, 0.25) is 0 Å². The zero-order valence-corrected chi connectivity index (χ0v) is 13.8. The van der Waals surface area contributed by atoms with E-state index in [4.69, 9.17) is 9.47 Å². The van der Waals surface area contributed by atoms with E-state index >= 15 is 0 Å². The lowest BCUT2D eigenvalue weighted by molar-refractivity contribution is -0.158. The van der Waals surface area contributed by atoms with Crippen LogP contribution in [0, 0.1) is 18.8 Å². The Balaban J connectivity index is 1.91. The first-order valence-corrected chi connectivity index (χ1v) is 8.20. The third-order valence-electron chi connectivity index (χ3n) is 5.32. The second-order valence-electron chi connectivity index (χ2n) is 6.75. The lowest BCUT2D eigenvalue weighted by atomic mass is 9.65. The summed E-state index contributed by atoms with van der Waals surface area (Å²) in [5.41, 5.74) is 1.96. The molecule has 0 spiro atoms. The molecule has 0 aromatic heterocycles. The smallest absolute Gasteiger partial charge is 0.322 e. The number of carbonyl (C=O) groups excluding carboxylic acids is 4. The van der Waals surface area contributed by atoms with E-state index in [2.05, 4.69) is 4.74 Å². The first-order chi connectivity index (χ1) is 12.4. The van der Waals surface area contributed by atoms with Gasteiger partial charge in [0.05, 0.1) is 24.4 Å². The summed E-state index contributed by atoms with van der Waals surface area (Å²) in [5, 5.41) is 0. The molecule has 7 nitrogen and oxygen atoms in total. The standard InChI is InChI=1S/C18H15FO7/c1-7-2-3-8-9(4-7)13-14(18(23)26-17(13)22)15(24-6-19)12(8)10-5-11(20)25-16(10)21/h2-4,10,12-15H,5-6H2,1H3. The maximum absolute atomic E-state index is 13.1. The quantitative estimate of drug-likeness (QED) is 0.590. The molecule has 0 saturated carbocycles. The second kappa shape index (κ2) is 5.98. The summed E-state index contributed by atoms with van der Waals surface area (Å²) < 4.78 is 27.7. The van der Waals surface area contributed by atoms with Crippen LogP contribution in [0.4, 0.5) is 4.39 Å². The molecule has 2 saturated heterocycles. The Bertz CT molecular complexity index is 833. The fourth-order valence-corrected chi connectivity index (χ4v) is 4.32. The highest BCUT2D eigenvalue weighted by molar-refractivity contribution is 6.01. The second-order valence-corrected chi connectivity index (χ2v) is 6.75. The van der Waals surface area contributed by atoms with E-state index in [1.54, 1.807) is 18.2 Å². The lowest BCUT2D eigenvalue weighted by Crippen LogP contribution is -2.44. The number of rotatable bonds is 3. The Labute approximate surface area is 147 Å². The summed E-state index contributed by atoms with van der Waals surface area (Å²) >= 11 is 0. The first kappa shape index (κ1) is 16.8. The number of alkyl halides is 1. The van der Waals surface area contributed by atoms with Gasteiger partial charge in [0, 0.05) is 5.92 Å². The van der Waals surface area contributed by atoms with Crippen LogP contribution >= 0.6 is 0 Å². The fourth-order valence-electron chi connectivity index (χ4n) is 4.32. The van der Waals surface area contributed by atoms with Crippen LogP contribution in [0.3, 0.4) is 0 Å². The first-order valence-electron chi connectivity index (χ1n) is 8.20. The van der Waals surface area contributed by atoms with Crippen molar-refractivity contribution in [2.75, 3.05) is 6.86 Å². The number of benzene rings is 1. The van der Waals surface area contributed by atoms with Crippen LogP contribution in [-0.4, -0.2) is 36.8 Å². The topological polar surface area (TPSA) is 96.0 Å². The van der Waals surface area contributed by atoms with Gasteiger partial charge in [0.1, 0.15) is 5.92 Å². The van der Waals surface area contributed by atoms with Crippen molar-refractivity contribution < 1.29 is 37.8 Å². The average Bonchev–Trinajstić information content (AvgIpc) is 3.06. The van der Waals surface area contributed by atoms with Gasteiger partial charge >= 0.3 is 23.9 Å². The Morgan fingerprint density at radius 3 is 2.46 bits per heavy atom. The monoisotopic (exact) mass is 362 g/mol. The highest BCUT2D eigenvalue weighted by Crippen LogP contribution is 2.52. The van der Waals surface area contributed by atoms with Gasteiger partial charge in [-0.2, -0.15) is 0 Å². The Morgan fingerprint density at radius 2 is 1.81 bits per heavy atom. The molecule has 2 aliphatic heterocycles. The van der Waals surface area contributed by atoms with Crippen molar-refractivity contribution in [2.24, 2.45) is 11.8 Å². The summed E-state index contributed by atoms with van der Waals surface area (Å²) in [5.74, 6) is -6.64. The fraction of sp³-hybridized carbons (Fsp3) is 0.444. The van der Waals surface area contributed by atoms with Crippen LogP contribution in [0.25, 0.3) is 0 Å². The van der Waals surface area contributed by atoms with E-state index in [0.717, 1.165) is 5.56 Å². The van der Waals surface area contributed by atoms with E-state index in [9.17, 15) is 23.6 Å². The number of carbonyl (C=O) groups is 4. The van der Waals surface area contributed by atoms with Gasteiger partial charge in [-0.15, -0.1) is 0 Å². The molecule has 1 aliphatic carbocycles. The van der Waals surface area contributed by atoms with Crippen molar-refractivity contribution in [1.82, 2.24) is 0 Å². The number of aryl methyl sites for hydroxylation is 1. The molecule has 4 rings (SSSR count). The minimum Gasteiger partial charge on any atom is -0.393 e. The summed E-state index contributed by atoms with van der Waals surface area (Å²) in [7, 11) is 0. The van der Waals surface area contributed by atoms with Crippen LogP contribution in [0.2, 0.25) is 0 Å². The predicted octanol–water partition coefficient (Wildman–Crippen LogP) is 1.28. The number of ether oxygens (including phenoxy) is 3. The van der Waals surface area contributed by atoms with Crippen molar-refractivity contribution in [1.29, 1.82) is 0 Å². The largest absolute Gasteiger partial charge is 0.393 e. The number of fused-ring (bicyclic) bond motifs is 3. The summed E-state index contributed by atoms with van der Waals surface area (Å²) in [6.07, 6.45) is -1.30. The normalized spacial score (nSPS) is 32.9. The summed E-state index contributed by atoms with van der Waals surface area (Å²) in [6, 6.07) is 5.24. The van der Waals surface area contributed by atoms with Crippen molar-refractivity contribution >= 4 is 23.9 Å². The van der Waals surface area contributed by atoms with Crippen molar-refractivity contribution in [3.05, 3.63) is 34.9 Å². The molecule has 2 fully saturated rings. The highest BCUT2D eigenvalue weighted by Gasteiger charge is 2.59. The Morgan fingerprint density at radius 1 is 1.04 bits per heavy atom. The van der Waals surface area contributed by atoms with E-state index in [0.29, 0.717) is 11.1 Å². The maximum Gasteiger partial charge on any atom is 0.322 e. The Kier molecular flexibility index (Phi) is 3.87.